The number of aliphatic hydroxyl groups excluding tert-OH is 1. The fraction of sp³-hybridized carbons (Fsp3) is 0.571. The maximum Gasteiger partial charge on any atom is 0.124 e. The molecule has 0 spiro atoms. The lowest BCUT2D eigenvalue weighted by Crippen LogP contribution is -2.31. The Kier molecular flexibility index (Phi) is 6.48. The van der Waals surface area contributed by atoms with Crippen molar-refractivity contribution in [2.75, 3.05) is 26.5 Å². The van der Waals surface area contributed by atoms with E-state index in [4.69, 9.17) is 4.74 Å². The summed E-state index contributed by atoms with van der Waals surface area (Å²) >= 11 is 0. The van der Waals surface area contributed by atoms with Gasteiger partial charge in [0.05, 0.1) is 13.2 Å². The molecule has 3 unspecified atom stereocenters. The second-order valence-electron chi connectivity index (χ2n) is 4.73. The van der Waals surface area contributed by atoms with Crippen molar-refractivity contribution in [1.29, 1.82) is 0 Å². The van der Waals surface area contributed by atoms with Gasteiger partial charge in [0, 0.05) is 41.0 Å². The standard InChI is InChI=1S/C14H23NO3S/c1-10-5-6-14(18-3)12(7-10)13(16)9-15-8-11(2)19(4)17/h5-7,11,13,15-16H,8-9H2,1-4H3. The SMILES string of the molecule is COc1ccc(C)cc1C(O)CNCC(C)S(C)=O. The molecular weight excluding hydrogens is 262 g/mol. The van der Waals surface area contributed by atoms with Gasteiger partial charge in [-0.3, -0.25) is 4.21 Å². The maximum atomic E-state index is 11.2. The summed E-state index contributed by atoms with van der Waals surface area (Å²) in [6, 6.07) is 5.73. The van der Waals surface area contributed by atoms with E-state index < -0.39 is 16.9 Å². The van der Waals surface area contributed by atoms with Gasteiger partial charge >= 0.3 is 0 Å². The molecule has 0 saturated heterocycles. The molecule has 0 fully saturated rings. The van der Waals surface area contributed by atoms with Crippen LogP contribution >= 0.6 is 0 Å². The average Bonchev–Trinajstić information content (AvgIpc) is 2.38. The molecule has 108 valence electrons. The van der Waals surface area contributed by atoms with Gasteiger partial charge in [0.15, 0.2) is 0 Å². The number of ether oxygens (including phenoxy) is 1. The molecule has 2 N–H and O–H groups in total. The molecule has 4 nitrogen and oxygen atoms in total. The Bertz CT molecular complexity index is 437. The minimum absolute atomic E-state index is 0.0756. The number of benzene rings is 1. The lowest BCUT2D eigenvalue weighted by Gasteiger charge is -2.17. The van der Waals surface area contributed by atoms with Crippen LogP contribution in [0.4, 0.5) is 0 Å². The number of hydrogen-bond donors (Lipinski definition) is 2. The van der Waals surface area contributed by atoms with Crippen molar-refractivity contribution in [1.82, 2.24) is 5.32 Å². The Morgan fingerprint density at radius 1 is 1.42 bits per heavy atom. The first kappa shape index (κ1) is 16.1. The largest absolute Gasteiger partial charge is 0.496 e. The van der Waals surface area contributed by atoms with E-state index in [1.807, 2.05) is 32.0 Å². The lowest BCUT2D eigenvalue weighted by molar-refractivity contribution is 0.171. The van der Waals surface area contributed by atoms with Gasteiger partial charge in [0.1, 0.15) is 5.75 Å². The molecule has 0 radical (unpaired) electrons. The van der Waals surface area contributed by atoms with Gasteiger partial charge in [-0.25, -0.2) is 0 Å². The highest BCUT2D eigenvalue weighted by molar-refractivity contribution is 7.84. The lowest BCUT2D eigenvalue weighted by atomic mass is 10.1. The van der Waals surface area contributed by atoms with Crippen LogP contribution in [0.25, 0.3) is 0 Å². The number of nitrogens with one attached hydrogen (secondary N) is 1. The van der Waals surface area contributed by atoms with E-state index in [1.54, 1.807) is 13.4 Å². The Labute approximate surface area is 117 Å². The summed E-state index contributed by atoms with van der Waals surface area (Å²) in [5, 5.41) is 13.4. The van der Waals surface area contributed by atoms with Crippen LogP contribution < -0.4 is 10.1 Å². The summed E-state index contributed by atoms with van der Waals surface area (Å²) < 4.78 is 16.5. The van der Waals surface area contributed by atoms with Crippen LogP contribution in [0.5, 0.6) is 5.75 Å². The average molecular weight is 285 g/mol. The molecular formula is C14H23NO3S. The number of methoxy groups -OCH3 is 1. The second-order valence-corrected chi connectivity index (χ2v) is 6.53. The van der Waals surface area contributed by atoms with Crippen LogP contribution in [0.1, 0.15) is 24.2 Å². The summed E-state index contributed by atoms with van der Waals surface area (Å²) in [5.41, 5.74) is 1.86. The van der Waals surface area contributed by atoms with Crippen molar-refractivity contribution in [3.8, 4) is 5.75 Å². The highest BCUT2D eigenvalue weighted by atomic mass is 32.2. The first-order chi connectivity index (χ1) is 8.95. The van der Waals surface area contributed by atoms with Crippen molar-refractivity contribution >= 4 is 10.8 Å². The number of aliphatic hydroxyl groups is 1. The minimum Gasteiger partial charge on any atom is -0.496 e. The van der Waals surface area contributed by atoms with E-state index in [9.17, 15) is 9.32 Å². The van der Waals surface area contributed by atoms with Gasteiger partial charge in [-0.15, -0.1) is 0 Å². The second kappa shape index (κ2) is 7.62. The third kappa shape index (κ3) is 4.93. The van der Waals surface area contributed by atoms with Gasteiger partial charge in [-0.2, -0.15) is 0 Å². The third-order valence-corrected chi connectivity index (χ3v) is 4.38. The zero-order valence-corrected chi connectivity index (χ0v) is 12.8. The normalized spacial score (nSPS) is 15.8. The zero-order valence-electron chi connectivity index (χ0n) is 12.0. The smallest absolute Gasteiger partial charge is 0.124 e. The molecule has 0 amide bonds. The minimum atomic E-state index is -0.848. The molecule has 19 heavy (non-hydrogen) atoms. The highest BCUT2D eigenvalue weighted by Gasteiger charge is 2.14. The van der Waals surface area contributed by atoms with Crippen LogP contribution in [0.2, 0.25) is 0 Å². The van der Waals surface area contributed by atoms with Gasteiger partial charge in [-0.1, -0.05) is 11.6 Å². The first-order valence-electron chi connectivity index (χ1n) is 6.31. The quantitative estimate of drug-likeness (QED) is 0.795. The fourth-order valence-corrected chi connectivity index (χ4v) is 2.12. The highest BCUT2D eigenvalue weighted by Crippen LogP contribution is 2.25. The van der Waals surface area contributed by atoms with Crippen molar-refractivity contribution < 1.29 is 14.1 Å². The molecule has 0 aliphatic heterocycles. The van der Waals surface area contributed by atoms with E-state index in [2.05, 4.69) is 5.32 Å². The van der Waals surface area contributed by atoms with Crippen LogP contribution in [-0.2, 0) is 10.8 Å². The van der Waals surface area contributed by atoms with E-state index in [1.165, 1.54) is 0 Å². The van der Waals surface area contributed by atoms with Gasteiger partial charge in [-0.05, 0) is 26.0 Å². The Morgan fingerprint density at radius 3 is 2.68 bits per heavy atom. The van der Waals surface area contributed by atoms with Gasteiger partial charge < -0.3 is 15.2 Å². The Balaban J connectivity index is 2.60. The molecule has 1 aromatic carbocycles. The zero-order chi connectivity index (χ0) is 14.4. The summed E-state index contributed by atoms with van der Waals surface area (Å²) in [6.45, 7) is 4.93. The van der Waals surface area contributed by atoms with E-state index in [0.29, 0.717) is 18.8 Å². The van der Waals surface area contributed by atoms with Gasteiger partial charge in [0.25, 0.3) is 0 Å². The molecule has 0 bridgehead atoms. The van der Waals surface area contributed by atoms with Crippen molar-refractivity contribution in [2.45, 2.75) is 25.2 Å². The van der Waals surface area contributed by atoms with Crippen molar-refractivity contribution in [3.63, 3.8) is 0 Å². The van der Waals surface area contributed by atoms with Crippen molar-refractivity contribution in [2.24, 2.45) is 0 Å². The van der Waals surface area contributed by atoms with Crippen LogP contribution in [0, 0.1) is 6.92 Å². The molecule has 0 aliphatic rings. The number of hydrogen-bond acceptors (Lipinski definition) is 4. The summed E-state index contributed by atoms with van der Waals surface area (Å²) in [5.74, 6) is 0.687. The Hall–Kier alpha value is -0.910. The molecule has 1 aromatic rings. The molecule has 0 heterocycles. The molecule has 1 rings (SSSR count). The predicted octanol–water partition coefficient (Wildman–Crippen LogP) is 1.39. The van der Waals surface area contributed by atoms with Gasteiger partial charge in [0.2, 0.25) is 0 Å². The molecule has 0 saturated carbocycles. The van der Waals surface area contributed by atoms with Crippen LogP contribution in [0.15, 0.2) is 18.2 Å². The predicted molar refractivity (Wildman–Crippen MR) is 79.1 cm³/mol. The summed E-state index contributed by atoms with van der Waals surface area (Å²) in [7, 11) is 0.746. The number of aryl methyl sites for hydroxylation is 1. The molecule has 0 aliphatic carbocycles. The van der Waals surface area contributed by atoms with Crippen LogP contribution in [0.3, 0.4) is 0 Å². The molecule has 3 atom stereocenters. The molecule has 5 heteroatoms. The van der Waals surface area contributed by atoms with E-state index >= 15 is 0 Å². The maximum absolute atomic E-state index is 11.2. The van der Waals surface area contributed by atoms with E-state index in [-0.39, 0.29) is 5.25 Å². The summed E-state index contributed by atoms with van der Waals surface area (Å²) in [4.78, 5) is 0. The van der Waals surface area contributed by atoms with Crippen molar-refractivity contribution in [3.05, 3.63) is 29.3 Å². The topological polar surface area (TPSA) is 58.6 Å². The Morgan fingerprint density at radius 2 is 2.11 bits per heavy atom. The third-order valence-electron chi connectivity index (χ3n) is 3.08. The monoisotopic (exact) mass is 285 g/mol. The van der Waals surface area contributed by atoms with Crippen LogP contribution in [-0.4, -0.2) is 41.0 Å². The molecule has 0 aromatic heterocycles. The first-order valence-corrected chi connectivity index (χ1v) is 7.93. The fourth-order valence-electron chi connectivity index (χ4n) is 1.76. The van der Waals surface area contributed by atoms with E-state index in [0.717, 1.165) is 11.1 Å². The number of rotatable bonds is 7. The summed E-state index contributed by atoms with van der Waals surface area (Å²) in [6.07, 6.45) is 1.05.